The molecule has 0 bridgehead atoms. The van der Waals surface area contributed by atoms with Crippen LogP contribution in [0.3, 0.4) is 0 Å². The molecule has 1 atom stereocenters. The number of nitrogens with two attached hydrogens (primary N) is 1. The second kappa shape index (κ2) is 8.67. The van der Waals surface area contributed by atoms with Crippen molar-refractivity contribution in [3.05, 3.63) is 29.3 Å². The fourth-order valence-corrected chi connectivity index (χ4v) is 2.94. The highest BCUT2D eigenvalue weighted by molar-refractivity contribution is 5.97. The topological polar surface area (TPSA) is 81.4 Å². The predicted octanol–water partition coefficient (Wildman–Crippen LogP) is 2.42. The van der Waals surface area contributed by atoms with Crippen LogP contribution >= 0.6 is 0 Å². The molecule has 1 aromatic rings. The molecule has 0 aromatic heterocycles. The first-order valence-corrected chi connectivity index (χ1v) is 8.33. The predicted molar refractivity (Wildman–Crippen MR) is 90.1 cm³/mol. The maximum Gasteiger partial charge on any atom is 0.306 e. The molecule has 0 spiro atoms. The molecule has 1 aliphatic rings. The van der Waals surface area contributed by atoms with Gasteiger partial charge in [0.1, 0.15) is 0 Å². The Kier molecular flexibility index (Phi) is 6.59. The number of carbonyl (C=O) groups is 2. The van der Waals surface area contributed by atoms with Gasteiger partial charge >= 0.3 is 5.97 Å². The van der Waals surface area contributed by atoms with E-state index in [0.717, 1.165) is 37.1 Å². The summed E-state index contributed by atoms with van der Waals surface area (Å²) in [6.45, 7) is 0.762. The lowest BCUT2D eigenvalue weighted by Gasteiger charge is -2.24. The van der Waals surface area contributed by atoms with E-state index in [-0.39, 0.29) is 24.2 Å². The zero-order valence-corrected chi connectivity index (χ0v) is 13.8. The summed E-state index contributed by atoms with van der Waals surface area (Å²) in [4.78, 5) is 23.5. The second-order valence-electron chi connectivity index (χ2n) is 6.11. The summed E-state index contributed by atoms with van der Waals surface area (Å²) < 4.78 is 4.65. The molecule has 1 heterocycles. The molecule has 0 saturated carbocycles. The van der Waals surface area contributed by atoms with Gasteiger partial charge in [0.2, 0.25) is 5.91 Å². The minimum Gasteiger partial charge on any atom is -0.469 e. The molecule has 2 rings (SSSR count). The molecule has 1 aromatic carbocycles. The Bertz CT molecular complexity index is 557. The van der Waals surface area contributed by atoms with Gasteiger partial charge in [-0.05, 0) is 49.4 Å². The van der Waals surface area contributed by atoms with Crippen molar-refractivity contribution in [3.8, 4) is 0 Å². The Hall–Kier alpha value is -1.88. The molecular formula is C18H26N2O3. The lowest BCUT2D eigenvalue weighted by atomic mass is 9.89. The van der Waals surface area contributed by atoms with E-state index in [9.17, 15) is 9.59 Å². The van der Waals surface area contributed by atoms with Gasteiger partial charge in [-0.25, -0.2) is 0 Å². The van der Waals surface area contributed by atoms with Crippen molar-refractivity contribution in [1.29, 1.82) is 0 Å². The third-order valence-corrected chi connectivity index (χ3v) is 4.33. The largest absolute Gasteiger partial charge is 0.469 e. The van der Waals surface area contributed by atoms with E-state index >= 15 is 0 Å². The number of hydrogen-bond acceptors (Lipinski definition) is 4. The average molecular weight is 318 g/mol. The van der Waals surface area contributed by atoms with Crippen LogP contribution in [0.4, 0.5) is 5.69 Å². The average Bonchev–Trinajstić information content (AvgIpc) is 2.55. The number of esters is 1. The molecule has 23 heavy (non-hydrogen) atoms. The van der Waals surface area contributed by atoms with Gasteiger partial charge < -0.3 is 15.8 Å². The van der Waals surface area contributed by atoms with E-state index in [1.165, 1.54) is 25.5 Å². The van der Waals surface area contributed by atoms with Crippen molar-refractivity contribution >= 4 is 17.6 Å². The fourth-order valence-electron chi connectivity index (χ4n) is 2.94. The molecule has 1 amide bonds. The number of nitrogens with one attached hydrogen (secondary N) is 1. The minimum atomic E-state index is -0.345. The van der Waals surface area contributed by atoms with Crippen LogP contribution in [0.15, 0.2) is 18.2 Å². The fraction of sp³-hybridized carbons (Fsp3) is 0.556. The lowest BCUT2D eigenvalue weighted by Crippen LogP contribution is -2.31. The van der Waals surface area contributed by atoms with Gasteiger partial charge in [-0.3, -0.25) is 9.59 Å². The first-order chi connectivity index (χ1) is 11.1. The molecule has 5 nitrogen and oxygen atoms in total. The number of amides is 1. The number of hydrogen-bond donors (Lipinski definition) is 2. The highest BCUT2D eigenvalue weighted by Crippen LogP contribution is 2.29. The molecule has 5 heteroatoms. The van der Waals surface area contributed by atoms with Crippen molar-refractivity contribution < 1.29 is 14.3 Å². The number of methoxy groups -OCH3 is 1. The van der Waals surface area contributed by atoms with Crippen LogP contribution in [0.5, 0.6) is 0 Å². The summed E-state index contributed by atoms with van der Waals surface area (Å²) >= 11 is 0. The monoisotopic (exact) mass is 318 g/mol. The number of unbranched alkanes of at least 4 members (excludes halogenated alkanes) is 3. The number of carbonyl (C=O) groups excluding carboxylic acids is 2. The highest BCUT2D eigenvalue weighted by Gasteiger charge is 2.28. The molecule has 0 radical (unpaired) electrons. The van der Waals surface area contributed by atoms with Crippen LogP contribution in [-0.2, 0) is 27.2 Å². The number of aryl methyl sites for hydroxylation is 1. The van der Waals surface area contributed by atoms with Crippen molar-refractivity contribution in [1.82, 2.24) is 0 Å². The summed E-state index contributed by atoms with van der Waals surface area (Å²) in [6.07, 6.45) is 6.31. The van der Waals surface area contributed by atoms with E-state index in [1.54, 1.807) is 0 Å². The first kappa shape index (κ1) is 17.5. The number of ether oxygens (including phenoxy) is 1. The standard InChI is InChI=1S/C18H26N2O3/c1-23-17(21)12-15-11-14-8-7-13(6-4-2-3-5-9-19)10-16(14)20-18(15)22/h7-8,10,15H,2-6,9,11-12,19H2,1H3,(H,20,22). The van der Waals surface area contributed by atoms with Gasteiger partial charge in [0, 0.05) is 5.69 Å². The van der Waals surface area contributed by atoms with Crippen LogP contribution < -0.4 is 11.1 Å². The second-order valence-corrected chi connectivity index (χ2v) is 6.11. The first-order valence-electron chi connectivity index (χ1n) is 8.33. The molecule has 3 N–H and O–H groups in total. The quantitative estimate of drug-likeness (QED) is 0.570. The zero-order chi connectivity index (χ0) is 16.7. The van der Waals surface area contributed by atoms with E-state index in [2.05, 4.69) is 28.3 Å². The van der Waals surface area contributed by atoms with Crippen LogP contribution in [0.1, 0.15) is 43.2 Å². The van der Waals surface area contributed by atoms with Crippen LogP contribution in [0.2, 0.25) is 0 Å². The molecule has 0 fully saturated rings. The van der Waals surface area contributed by atoms with Crippen molar-refractivity contribution in [3.63, 3.8) is 0 Å². The molecule has 1 unspecified atom stereocenters. The maximum absolute atomic E-state index is 12.1. The SMILES string of the molecule is COC(=O)CC1Cc2ccc(CCCCCCN)cc2NC1=O. The summed E-state index contributed by atoms with van der Waals surface area (Å²) in [6, 6.07) is 6.24. The third-order valence-electron chi connectivity index (χ3n) is 4.33. The van der Waals surface area contributed by atoms with Crippen molar-refractivity contribution in [2.45, 2.75) is 44.9 Å². The zero-order valence-electron chi connectivity index (χ0n) is 13.8. The Morgan fingerprint density at radius 2 is 2.09 bits per heavy atom. The van der Waals surface area contributed by atoms with Crippen LogP contribution in [0, 0.1) is 5.92 Å². The minimum absolute atomic E-state index is 0.0944. The highest BCUT2D eigenvalue weighted by atomic mass is 16.5. The van der Waals surface area contributed by atoms with E-state index < -0.39 is 0 Å². The molecule has 0 aliphatic carbocycles. The van der Waals surface area contributed by atoms with Gasteiger partial charge in [-0.2, -0.15) is 0 Å². The van der Waals surface area contributed by atoms with E-state index in [0.29, 0.717) is 6.42 Å². The third kappa shape index (κ3) is 5.06. The van der Waals surface area contributed by atoms with E-state index in [4.69, 9.17) is 5.73 Å². The Balaban J connectivity index is 1.93. The van der Waals surface area contributed by atoms with Crippen LogP contribution in [-0.4, -0.2) is 25.5 Å². The maximum atomic E-state index is 12.1. The number of rotatable bonds is 8. The van der Waals surface area contributed by atoms with Gasteiger partial charge in [0.25, 0.3) is 0 Å². The van der Waals surface area contributed by atoms with E-state index in [1.807, 2.05) is 0 Å². The smallest absolute Gasteiger partial charge is 0.306 e. The van der Waals surface area contributed by atoms with Gasteiger partial charge in [0.05, 0.1) is 19.4 Å². The molecular weight excluding hydrogens is 292 g/mol. The lowest BCUT2D eigenvalue weighted by molar-refractivity contribution is -0.143. The summed E-state index contributed by atoms with van der Waals surface area (Å²) in [5, 5.41) is 2.93. The summed E-state index contributed by atoms with van der Waals surface area (Å²) in [5.41, 5.74) is 8.70. The number of benzene rings is 1. The normalized spacial score (nSPS) is 16.6. The van der Waals surface area contributed by atoms with Gasteiger partial charge in [0.15, 0.2) is 0 Å². The Morgan fingerprint density at radius 1 is 1.30 bits per heavy atom. The van der Waals surface area contributed by atoms with Crippen molar-refractivity contribution in [2.24, 2.45) is 11.7 Å². The van der Waals surface area contributed by atoms with Gasteiger partial charge in [-0.15, -0.1) is 0 Å². The van der Waals surface area contributed by atoms with Gasteiger partial charge in [-0.1, -0.05) is 25.0 Å². The summed E-state index contributed by atoms with van der Waals surface area (Å²) in [5.74, 6) is -0.775. The molecule has 126 valence electrons. The molecule has 0 saturated heterocycles. The Morgan fingerprint density at radius 3 is 2.83 bits per heavy atom. The molecule has 1 aliphatic heterocycles. The Labute approximate surface area is 137 Å². The van der Waals surface area contributed by atoms with Crippen LogP contribution in [0.25, 0.3) is 0 Å². The number of anilines is 1. The summed E-state index contributed by atoms with van der Waals surface area (Å²) in [7, 11) is 1.34. The van der Waals surface area contributed by atoms with Crippen molar-refractivity contribution in [2.75, 3.05) is 19.0 Å². The number of fused-ring (bicyclic) bond motifs is 1.